The molecule has 1 fully saturated rings. The van der Waals surface area contributed by atoms with Crippen molar-refractivity contribution in [2.45, 2.75) is 38.6 Å². The van der Waals surface area contributed by atoms with Gasteiger partial charge in [-0.25, -0.2) is 0 Å². The topological polar surface area (TPSA) is 47.6 Å². The Labute approximate surface area is 113 Å². The normalized spacial score (nSPS) is 25.1. The van der Waals surface area contributed by atoms with Gasteiger partial charge in [0.1, 0.15) is 0 Å². The van der Waals surface area contributed by atoms with Crippen molar-refractivity contribution in [3.63, 3.8) is 0 Å². The lowest BCUT2D eigenvalue weighted by Gasteiger charge is -2.29. The van der Waals surface area contributed by atoms with Gasteiger partial charge in [0.2, 0.25) is 6.79 Å². The molecule has 1 heterocycles. The van der Waals surface area contributed by atoms with Gasteiger partial charge in [-0.05, 0) is 37.0 Å². The number of amides is 1. The van der Waals surface area contributed by atoms with Crippen LogP contribution in [-0.2, 0) is 0 Å². The molecule has 3 rings (SSSR count). The molecule has 0 spiro atoms. The van der Waals surface area contributed by atoms with Crippen molar-refractivity contribution in [2.24, 2.45) is 5.92 Å². The van der Waals surface area contributed by atoms with E-state index >= 15 is 0 Å². The summed E-state index contributed by atoms with van der Waals surface area (Å²) in [4.78, 5) is 12.3. The number of hydrogen-bond donors (Lipinski definition) is 1. The molecule has 1 aromatic rings. The third kappa shape index (κ3) is 2.53. The van der Waals surface area contributed by atoms with Gasteiger partial charge in [0.15, 0.2) is 11.5 Å². The predicted molar refractivity (Wildman–Crippen MR) is 71.5 cm³/mol. The highest BCUT2D eigenvalue weighted by Crippen LogP contribution is 2.32. The highest BCUT2D eigenvalue weighted by atomic mass is 16.7. The Bertz CT molecular complexity index is 486. The SMILES string of the molecule is C[C@H]1CCCC[C@H]1NC(=O)c1ccc2c(c1)OCO2. The van der Waals surface area contributed by atoms with Crippen molar-refractivity contribution in [3.05, 3.63) is 23.8 Å². The minimum atomic E-state index is -0.0166. The number of hydrogen-bond acceptors (Lipinski definition) is 3. The van der Waals surface area contributed by atoms with Gasteiger partial charge in [0, 0.05) is 11.6 Å². The van der Waals surface area contributed by atoms with Crippen molar-refractivity contribution in [2.75, 3.05) is 6.79 Å². The van der Waals surface area contributed by atoms with Crippen LogP contribution in [0, 0.1) is 5.92 Å². The van der Waals surface area contributed by atoms with Crippen LogP contribution in [0.5, 0.6) is 11.5 Å². The molecule has 0 unspecified atom stereocenters. The molecule has 1 amide bonds. The summed E-state index contributed by atoms with van der Waals surface area (Å²) in [5.41, 5.74) is 0.641. The number of carbonyl (C=O) groups is 1. The molecular formula is C15H19NO3. The van der Waals surface area contributed by atoms with Crippen LogP contribution in [0.2, 0.25) is 0 Å². The standard InChI is InChI=1S/C15H19NO3/c1-10-4-2-3-5-12(10)16-15(17)11-6-7-13-14(8-11)19-9-18-13/h6-8,10,12H,2-5,9H2,1H3,(H,16,17)/t10-,12+/m0/s1. The van der Waals surface area contributed by atoms with Crippen molar-refractivity contribution in [1.82, 2.24) is 5.32 Å². The predicted octanol–water partition coefficient (Wildman–Crippen LogP) is 2.72. The van der Waals surface area contributed by atoms with Crippen LogP contribution in [-0.4, -0.2) is 18.7 Å². The molecular weight excluding hydrogens is 242 g/mol. The van der Waals surface area contributed by atoms with E-state index in [9.17, 15) is 4.79 Å². The molecule has 0 aromatic heterocycles. The van der Waals surface area contributed by atoms with Gasteiger partial charge < -0.3 is 14.8 Å². The highest BCUT2D eigenvalue weighted by molar-refractivity contribution is 5.95. The lowest BCUT2D eigenvalue weighted by Crippen LogP contribution is -2.41. The Morgan fingerprint density at radius 3 is 2.84 bits per heavy atom. The van der Waals surface area contributed by atoms with E-state index in [1.54, 1.807) is 18.2 Å². The number of rotatable bonds is 2. The molecule has 1 saturated carbocycles. The second-order valence-electron chi connectivity index (χ2n) is 5.41. The monoisotopic (exact) mass is 261 g/mol. The molecule has 4 heteroatoms. The van der Waals surface area contributed by atoms with Crippen LogP contribution in [0.15, 0.2) is 18.2 Å². The third-order valence-electron chi connectivity index (χ3n) is 4.06. The summed E-state index contributed by atoms with van der Waals surface area (Å²) >= 11 is 0. The lowest BCUT2D eigenvalue weighted by atomic mass is 9.86. The maximum Gasteiger partial charge on any atom is 0.251 e. The summed E-state index contributed by atoms with van der Waals surface area (Å²) in [6.07, 6.45) is 4.76. The van der Waals surface area contributed by atoms with Gasteiger partial charge in [0.05, 0.1) is 0 Å². The van der Waals surface area contributed by atoms with E-state index in [0.29, 0.717) is 29.0 Å². The van der Waals surface area contributed by atoms with Crippen LogP contribution in [0.1, 0.15) is 43.0 Å². The molecule has 19 heavy (non-hydrogen) atoms. The second kappa shape index (κ2) is 5.11. The van der Waals surface area contributed by atoms with Crippen LogP contribution < -0.4 is 14.8 Å². The first-order valence-corrected chi connectivity index (χ1v) is 6.94. The average molecular weight is 261 g/mol. The molecule has 1 aliphatic heterocycles. The minimum Gasteiger partial charge on any atom is -0.454 e. The molecule has 2 atom stereocenters. The smallest absolute Gasteiger partial charge is 0.251 e. The Hall–Kier alpha value is -1.71. The van der Waals surface area contributed by atoms with E-state index in [-0.39, 0.29) is 12.7 Å². The molecule has 1 aliphatic carbocycles. The number of nitrogens with one attached hydrogen (secondary N) is 1. The van der Waals surface area contributed by atoms with E-state index in [2.05, 4.69) is 12.2 Å². The molecule has 1 N–H and O–H groups in total. The molecule has 0 radical (unpaired) electrons. The van der Waals surface area contributed by atoms with Crippen LogP contribution in [0.3, 0.4) is 0 Å². The van der Waals surface area contributed by atoms with Gasteiger partial charge in [-0.1, -0.05) is 19.8 Å². The molecule has 1 aromatic carbocycles. The average Bonchev–Trinajstić information content (AvgIpc) is 2.88. The zero-order chi connectivity index (χ0) is 13.2. The first kappa shape index (κ1) is 12.3. The maximum atomic E-state index is 12.3. The molecule has 0 saturated heterocycles. The molecule has 0 bridgehead atoms. The fourth-order valence-electron chi connectivity index (χ4n) is 2.82. The van der Waals surface area contributed by atoms with Gasteiger partial charge in [0.25, 0.3) is 5.91 Å². The second-order valence-corrected chi connectivity index (χ2v) is 5.41. The fraction of sp³-hybridized carbons (Fsp3) is 0.533. The molecule has 102 valence electrons. The van der Waals surface area contributed by atoms with Gasteiger partial charge in [-0.3, -0.25) is 4.79 Å². The van der Waals surface area contributed by atoms with Gasteiger partial charge >= 0.3 is 0 Å². The Balaban J connectivity index is 1.70. The van der Waals surface area contributed by atoms with Crippen LogP contribution in [0.4, 0.5) is 0 Å². The largest absolute Gasteiger partial charge is 0.454 e. The number of carbonyl (C=O) groups excluding carboxylic acids is 1. The number of benzene rings is 1. The third-order valence-corrected chi connectivity index (χ3v) is 4.06. The van der Waals surface area contributed by atoms with E-state index in [0.717, 1.165) is 6.42 Å². The maximum absolute atomic E-state index is 12.3. The quantitative estimate of drug-likeness (QED) is 0.890. The van der Waals surface area contributed by atoms with Crippen molar-refractivity contribution in [3.8, 4) is 11.5 Å². The van der Waals surface area contributed by atoms with E-state index in [4.69, 9.17) is 9.47 Å². The summed E-state index contributed by atoms with van der Waals surface area (Å²) in [7, 11) is 0. The Morgan fingerprint density at radius 2 is 2.00 bits per heavy atom. The zero-order valence-electron chi connectivity index (χ0n) is 11.1. The zero-order valence-corrected chi connectivity index (χ0v) is 11.1. The molecule has 4 nitrogen and oxygen atoms in total. The van der Waals surface area contributed by atoms with Crippen molar-refractivity contribution in [1.29, 1.82) is 0 Å². The summed E-state index contributed by atoms with van der Waals surface area (Å²) in [6.45, 7) is 2.45. The number of ether oxygens (including phenoxy) is 2. The van der Waals surface area contributed by atoms with E-state index in [1.165, 1.54) is 19.3 Å². The molecule has 2 aliphatic rings. The van der Waals surface area contributed by atoms with Crippen molar-refractivity contribution < 1.29 is 14.3 Å². The number of fused-ring (bicyclic) bond motifs is 1. The lowest BCUT2D eigenvalue weighted by molar-refractivity contribution is 0.0910. The Morgan fingerprint density at radius 1 is 1.21 bits per heavy atom. The minimum absolute atomic E-state index is 0.0166. The highest BCUT2D eigenvalue weighted by Gasteiger charge is 2.24. The Kier molecular flexibility index (Phi) is 3.32. The van der Waals surface area contributed by atoms with Gasteiger partial charge in [-0.15, -0.1) is 0 Å². The summed E-state index contributed by atoms with van der Waals surface area (Å²) in [5.74, 6) is 1.91. The van der Waals surface area contributed by atoms with Crippen LogP contribution >= 0.6 is 0 Å². The fourth-order valence-corrected chi connectivity index (χ4v) is 2.82. The van der Waals surface area contributed by atoms with Gasteiger partial charge in [-0.2, -0.15) is 0 Å². The summed E-state index contributed by atoms with van der Waals surface area (Å²) in [6, 6.07) is 5.63. The van der Waals surface area contributed by atoms with E-state index in [1.807, 2.05) is 0 Å². The van der Waals surface area contributed by atoms with E-state index < -0.39 is 0 Å². The summed E-state index contributed by atoms with van der Waals surface area (Å²) < 4.78 is 10.5. The van der Waals surface area contributed by atoms with Crippen molar-refractivity contribution >= 4 is 5.91 Å². The first-order chi connectivity index (χ1) is 9.24. The summed E-state index contributed by atoms with van der Waals surface area (Å²) in [5, 5.41) is 3.14. The van der Waals surface area contributed by atoms with Crippen LogP contribution in [0.25, 0.3) is 0 Å². The first-order valence-electron chi connectivity index (χ1n) is 6.94.